The van der Waals surface area contributed by atoms with Crippen molar-refractivity contribution in [3.63, 3.8) is 0 Å². The van der Waals surface area contributed by atoms with Crippen LogP contribution in [-0.4, -0.2) is 29.1 Å². The van der Waals surface area contributed by atoms with Gasteiger partial charge in [-0.15, -0.1) is 34.0 Å². The Labute approximate surface area is 416 Å². The van der Waals surface area contributed by atoms with Gasteiger partial charge in [-0.2, -0.15) is 9.97 Å². The third-order valence-corrected chi connectivity index (χ3v) is 17.7. The van der Waals surface area contributed by atoms with E-state index in [0.29, 0.717) is 17.6 Å². The van der Waals surface area contributed by atoms with E-state index in [1.807, 2.05) is 34.0 Å². The number of thiophene rings is 3. The molecule has 0 fully saturated rings. The van der Waals surface area contributed by atoms with Crippen molar-refractivity contribution in [2.75, 3.05) is 0 Å². The van der Waals surface area contributed by atoms with Crippen molar-refractivity contribution in [3.05, 3.63) is 206 Å². The van der Waals surface area contributed by atoms with E-state index >= 15 is 0 Å². The largest absolute Gasteiger partial charge is 0.294 e. The van der Waals surface area contributed by atoms with Crippen LogP contribution in [0.4, 0.5) is 0 Å². The van der Waals surface area contributed by atoms with Crippen LogP contribution in [0.5, 0.6) is 0 Å². The minimum absolute atomic E-state index is 0.564. The number of rotatable bonds is 5. The highest BCUT2D eigenvalue weighted by atomic mass is 32.1. The van der Waals surface area contributed by atoms with Crippen LogP contribution in [-0.2, 0) is 0 Å². The lowest BCUT2D eigenvalue weighted by Gasteiger charge is -2.12. The molecule has 0 saturated carbocycles. The predicted octanol–water partition coefficient (Wildman–Crippen LogP) is 17.6. The summed E-state index contributed by atoms with van der Waals surface area (Å²) in [6.45, 7) is 0. The van der Waals surface area contributed by atoms with Gasteiger partial charge in [-0.05, 0) is 91.0 Å². The maximum Gasteiger partial charge on any atom is 0.238 e. The van der Waals surface area contributed by atoms with Crippen LogP contribution in [0, 0.1) is 0 Å². The van der Waals surface area contributed by atoms with Crippen molar-refractivity contribution in [2.45, 2.75) is 0 Å². The number of nitrogens with zero attached hydrogens (tertiary/aromatic N) is 6. The summed E-state index contributed by atoms with van der Waals surface area (Å²) in [7, 11) is 0. The van der Waals surface area contributed by atoms with E-state index in [2.05, 4.69) is 215 Å². The number of benzene rings is 9. The Bertz CT molecular complexity index is 4780. The first-order valence-corrected chi connectivity index (χ1v) is 26.1. The fourth-order valence-electron chi connectivity index (χ4n) is 11.1. The number of aromatic nitrogens is 6. The van der Waals surface area contributed by atoms with Crippen LogP contribution in [0.25, 0.3) is 150 Å². The first-order valence-electron chi connectivity index (χ1n) is 23.6. The van der Waals surface area contributed by atoms with E-state index in [0.717, 1.165) is 71.8 Å². The van der Waals surface area contributed by atoms with Crippen LogP contribution in [0.1, 0.15) is 0 Å². The molecule has 0 unspecified atom stereocenters. The maximum atomic E-state index is 5.48. The van der Waals surface area contributed by atoms with Gasteiger partial charge in [0.1, 0.15) is 5.82 Å². The predicted molar refractivity (Wildman–Crippen MR) is 301 cm³/mol. The molecule has 330 valence electrons. The van der Waals surface area contributed by atoms with Gasteiger partial charge < -0.3 is 0 Å². The van der Waals surface area contributed by atoms with Gasteiger partial charge in [0, 0.05) is 98.8 Å². The van der Waals surface area contributed by atoms with E-state index in [9.17, 15) is 0 Å². The summed E-state index contributed by atoms with van der Waals surface area (Å²) in [5.41, 5.74) is 8.17. The Kier molecular flexibility index (Phi) is 8.27. The monoisotopic (exact) mass is 958 g/mol. The Morgan fingerprint density at radius 3 is 1.41 bits per heavy atom. The first-order chi connectivity index (χ1) is 35.2. The van der Waals surface area contributed by atoms with Crippen molar-refractivity contribution < 1.29 is 0 Å². The summed E-state index contributed by atoms with van der Waals surface area (Å²) in [5, 5.41) is 12.0. The summed E-state index contributed by atoms with van der Waals surface area (Å²) >= 11 is 5.46. The molecule has 9 aromatic carbocycles. The quantitative estimate of drug-likeness (QED) is 0.172. The van der Waals surface area contributed by atoms with Crippen molar-refractivity contribution in [1.82, 2.24) is 29.1 Å². The van der Waals surface area contributed by atoms with Crippen molar-refractivity contribution in [1.29, 1.82) is 0 Å². The highest BCUT2D eigenvalue weighted by molar-refractivity contribution is 7.26. The molecule has 0 N–H and O–H groups in total. The molecule has 0 amide bonds. The molecular weight excluding hydrogens is 925 g/mol. The van der Waals surface area contributed by atoms with Crippen LogP contribution >= 0.6 is 34.0 Å². The van der Waals surface area contributed by atoms with Crippen LogP contribution in [0.3, 0.4) is 0 Å². The molecule has 0 atom stereocenters. The number of pyridine rings is 1. The molecule has 0 aliphatic heterocycles. The average Bonchev–Trinajstić information content (AvgIpc) is 4.25. The van der Waals surface area contributed by atoms with Gasteiger partial charge >= 0.3 is 0 Å². The number of fused-ring (bicyclic) bond motifs is 16. The zero-order valence-corrected chi connectivity index (χ0v) is 40.0. The number of para-hydroxylation sites is 2. The van der Waals surface area contributed by atoms with Gasteiger partial charge in [-0.1, -0.05) is 115 Å². The van der Waals surface area contributed by atoms with E-state index in [4.69, 9.17) is 19.9 Å². The summed E-state index contributed by atoms with van der Waals surface area (Å²) < 4.78 is 12.1. The second kappa shape index (κ2) is 15.0. The van der Waals surface area contributed by atoms with Gasteiger partial charge in [-0.3, -0.25) is 9.13 Å². The second-order valence-corrected chi connectivity index (χ2v) is 21.3. The fourth-order valence-corrected chi connectivity index (χ4v) is 14.5. The van der Waals surface area contributed by atoms with Gasteiger partial charge in [-0.25, -0.2) is 9.97 Å². The third kappa shape index (κ3) is 5.79. The Hall–Kier alpha value is -8.60. The van der Waals surface area contributed by atoms with Gasteiger partial charge in [0.2, 0.25) is 5.95 Å². The Balaban J connectivity index is 0.935. The molecule has 0 aliphatic carbocycles. The summed E-state index contributed by atoms with van der Waals surface area (Å²) in [4.78, 5) is 21.7. The highest BCUT2D eigenvalue weighted by Gasteiger charge is 2.24. The zero-order valence-electron chi connectivity index (χ0n) is 37.5. The standard InChI is InChI=1S/C62H34N6S3/c1-6-21-47-42(16-1)57-49(67(47)56-26-12-20-46(63-56)41-19-11-18-40-37-13-3-10-25-53(37)71-59(40)41)29-30-50-58(57)43-17-2-7-22-48(43)68(50)62-65-60(35-27-31-54-44(33-35)38-14-4-8-23-51(38)69-54)64-61(66-62)36-28-32-55-45(34-36)39-15-5-9-24-52(39)70-55/h1-34H. The molecule has 16 aromatic rings. The van der Waals surface area contributed by atoms with E-state index < -0.39 is 0 Å². The Morgan fingerprint density at radius 1 is 0.310 bits per heavy atom. The lowest BCUT2D eigenvalue weighted by Crippen LogP contribution is -2.06. The molecule has 0 radical (unpaired) electrons. The van der Waals surface area contributed by atoms with Crippen LogP contribution in [0.2, 0.25) is 0 Å². The van der Waals surface area contributed by atoms with Gasteiger partial charge in [0.25, 0.3) is 0 Å². The van der Waals surface area contributed by atoms with Crippen molar-refractivity contribution in [2.24, 2.45) is 0 Å². The van der Waals surface area contributed by atoms with Gasteiger partial charge in [0.15, 0.2) is 11.6 Å². The topological polar surface area (TPSA) is 61.4 Å². The van der Waals surface area contributed by atoms with E-state index in [1.54, 1.807) is 0 Å². The van der Waals surface area contributed by atoms with Crippen molar-refractivity contribution in [3.8, 4) is 45.8 Å². The fraction of sp³-hybridized carbons (Fsp3) is 0. The summed E-state index contributed by atoms with van der Waals surface area (Å²) in [5.74, 6) is 2.68. The SMILES string of the molecule is c1cc(-c2cccc3c2sc2ccccc23)nc(-n2c3ccccc3c3c4c5ccccc5n(-c5nc(-c6ccc7sc8ccccc8c7c6)nc(-c6ccc7sc8ccccc8c7c6)n5)c4ccc32)c1. The summed E-state index contributed by atoms with van der Waals surface area (Å²) in [6, 6.07) is 74.1. The molecule has 71 heavy (non-hydrogen) atoms. The molecule has 0 spiro atoms. The molecule has 7 aromatic heterocycles. The smallest absolute Gasteiger partial charge is 0.238 e. The Morgan fingerprint density at radius 2 is 0.789 bits per heavy atom. The molecule has 6 nitrogen and oxygen atoms in total. The lowest BCUT2D eigenvalue weighted by atomic mass is 10.1. The van der Waals surface area contributed by atoms with Crippen LogP contribution < -0.4 is 0 Å². The third-order valence-electron chi connectivity index (χ3n) is 14.2. The maximum absolute atomic E-state index is 5.48. The number of hydrogen-bond donors (Lipinski definition) is 0. The molecule has 7 heterocycles. The molecule has 9 heteroatoms. The average molecular weight is 959 g/mol. The highest BCUT2D eigenvalue weighted by Crippen LogP contribution is 2.45. The zero-order chi connectivity index (χ0) is 46.3. The van der Waals surface area contributed by atoms with E-state index in [-0.39, 0.29) is 0 Å². The molecule has 0 bridgehead atoms. The number of hydrogen-bond acceptors (Lipinski definition) is 7. The van der Waals surface area contributed by atoms with Crippen molar-refractivity contribution >= 4 is 138 Å². The minimum atomic E-state index is 0.564. The summed E-state index contributed by atoms with van der Waals surface area (Å²) in [6.07, 6.45) is 0. The lowest BCUT2D eigenvalue weighted by molar-refractivity contribution is 0.954. The van der Waals surface area contributed by atoms with E-state index in [1.165, 1.54) is 60.5 Å². The van der Waals surface area contributed by atoms with Crippen LogP contribution in [0.15, 0.2) is 206 Å². The first kappa shape index (κ1) is 39.3. The second-order valence-electron chi connectivity index (χ2n) is 18.1. The van der Waals surface area contributed by atoms with Gasteiger partial charge in [0.05, 0.1) is 27.8 Å². The molecule has 0 saturated heterocycles. The molecule has 0 aliphatic rings. The molecular formula is C62H34N6S3. The minimum Gasteiger partial charge on any atom is -0.294 e. The molecule has 16 rings (SSSR count). The normalized spacial score (nSPS) is 12.2.